The zero-order valence-electron chi connectivity index (χ0n) is 20.8. The van der Waals surface area contributed by atoms with Gasteiger partial charge in [-0.2, -0.15) is 17.6 Å². The number of aromatic nitrogens is 1. The largest absolute Gasteiger partial charge is 0.573 e. The number of pyridine rings is 1. The predicted octanol–water partition coefficient (Wildman–Crippen LogP) is 4.18. The van der Waals surface area contributed by atoms with E-state index < -0.39 is 75.4 Å². The molecule has 3 rings (SSSR count). The van der Waals surface area contributed by atoms with Crippen molar-refractivity contribution in [3.8, 4) is 23.0 Å². The molecule has 3 aromatic rings. The van der Waals surface area contributed by atoms with E-state index >= 15 is 4.39 Å². The van der Waals surface area contributed by atoms with Crippen LogP contribution in [0.2, 0.25) is 0 Å². The fourth-order valence-corrected chi connectivity index (χ4v) is 3.22. The van der Waals surface area contributed by atoms with Crippen LogP contribution < -0.4 is 24.8 Å². The quantitative estimate of drug-likeness (QED) is 0.300. The summed E-state index contributed by atoms with van der Waals surface area (Å²) in [7, 11) is 17.0. The van der Waals surface area contributed by atoms with Gasteiger partial charge in [-0.05, 0) is 41.7 Å². The van der Waals surface area contributed by atoms with Crippen LogP contribution in [-0.2, 0) is 6.18 Å². The number of anilines is 1. The highest BCUT2D eigenvalue weighted by atomic mass is 19.4. The Hall–Kier alpha value is -4.44. The average Bonchev–Trinajstić information content (AvgIpc) is 2.85. The fraction of sp³-hybridized carbons (Fsp3) is 0.174. The van der Waals surface area contributed by atoms with Crippen molar-refractivity contribution in [1.29, 1.82) is 0 Å². The zero-order chi connectivity index (χ0) is 31.6. The summed E-state index contributed by atoms with van der Waals surface area (Å²) in [6.45, 7) is 0. The lowest BCUT2D eigenvalue weighted by molar-refractivity contribution is -0.275. The maximum Gasteiger partial charge on any atom is 0.573 e. The molecule has 214 valence electrons. The Morgan fingerprint density at radius 2 is 1.45 bits per heavy atom. The zero-order valence-corrected chi connectivity index (χ0v) is 20.8. The summed E-state index contributed by atoms with van der Waals surface area (Å²) in [5.41, 5.74) is -3.77. The van der Waals surface area contributed by atoms with E-state index in [1.807, 2.05) is 0 Å². The van der Waals surface area contributed by atoms with E-state index in [1.54, 1.807) is 0 Å². The van der Waals surface area contributed by atoms with Gasteiger partial charge in [0.15, 0.2) is 23.1 Å². The number of hydrogen-bond acceptors (Lipinski definition) is 6. The Balaban J connectivity index is 2.15. The molecule has 0 aliphatic carbocycles. The molecule has 0 unspecified atom stereocenters. The lowest BCUT2D eigenvalue weighted by Gasteiger charge is -2.26. The molecule has 0 saturated heterocycles. The molecule has 0 aliphatic rings. The summed E-state index contributed by atoms with van der Waals surface area (Å²) in [6.07, 6.45) is -9.65. The van der Waals surface area contributed by atoms with Crippen molar-refractivity contribution in [1.82, 2.24) is 10.3 Å². The number of alkyl halides is 6. The standard InChI is InChI=1S/C23H12B3F8N3O5/c1-35-19(38)11-8-9(6-7-36-11)37-20(39)15-12(3-2-10(16(15)27)21(29,30)31)40-14-5-4-13(41-23(32,33)34)17(28)18(14)42-22(24,25)26/h2-8H,1H3,(H,35,38)(H,36,37,39). The molecule has 1 aromatic heterocycles. The van der Waals surface area contributed by atoms with E-state index in [9.17, 15) is 40.3 Å². The molecule has 0 aliphatic heterocycles. The van der Waals surface area contributed by atoms with E-state index in [2.05, 4.69) is 20.4 Å². The summed E-state index contributed by atoms with van der Waals surface area (Å²) in [4.78, 5) is 28.6. The van der Waals surface area contributed by atoms with Crippen LogP contribution in [0.4, 0.5) is 40.8 Å². The van der Waals surface area contributed by atoms with Gasteiger partial charge in [0.1, 0.15) is 40.5 Å². The van der Waals surface area contributed by atoms with Gasteiger partial charge in [0.05, 0.1) is 5.56 Å². The minimum atomic E-state index is -5.39. The van der Waals surface area contributed by atoms with Crippen LogP contribution in [0.15, 0.2) is 42.6 Å². The first-order chi connectivity index (χ1) is 19.3. The molecule has 0 fully saturated rings. The van der Waals surface area contributed by atoms with E-state index in [0.717, 1.165) is 18.3 Å². The maximum absolute atomic E-state index is 15.2. The highest BCUT2D eigenvalue weighted by Crippen LogP contribution is 2.43. The number of halogens is 8. The number of carbonyl (C=O) groups excluding carboxylic acids is 2. The number of ether oxygens (including phenoxy) is 3. The second kappa shape index (κ2) is 11.8. The number of benzene rings is 2. The Kier molecular flexibility index (Phi) is 9.03. The number of carbonyl (C=O) groups is 2. The topological polar surface area (TPSA) is 98.8 Å². The molecule has 2 N–H and O–H groups in total. The van der Waals surface area contributed by atoms with Gasteiger partial charge in [0, 0.05) is 18.9 Å². The van der Waals surface area contributed by atoms with Crippen LogP contribution in [0, 0.1) is 11.6 Å². The molecule has 42 heavy (non-hydrogen) atoms. The molecular weight excluding hydrogens is 583 g/mol. The lowest BCUT2D eigenvalue weighted by atomic mass is 9.52. The molecule has 0 saturated carbocycles. The van der Waals surface area contributed by atoms with Crippen molar-refractivity contribution < 1.29 is 58.9 Å². The Labute approximate surface area is 234 Å². The van der Waals surface area contributed by atoms with Gasteiger partial charge in [0.25, 0.3) is 11.8 Å². The van der Waals surface area contributed by atoms with E-state index in [-0.39, 0.29) is 17.4 Å². The number of nitrogens with zero attached hydrogens (tertiary/aromatic N) is 1. The monoisotopic (exact) mass is 595 g/mol. The van der Waals surface area contributed by atoms with E-state index in [0.29, 0.717) is 18.2 Å². The van der Waals surface area contributed by atoms with Gasteiger partial charge < -0.3 is 24.8 Å². The van der Waals surface area contributed by atoms with Crippen LogP contribution >= 0.6 is 0 Å². The third kappa shape index (κ3) is 7.85. The SMILES string of the molecule is [B]C([B])([B])Oc1c(Oc2ccc(C(F)(F)F)c(F)c2C(=O)Nc2ccnc(C(=O)NC)c2)ccc(OC(F)(F)F)c1F. The summed E-state index contributed by atoms with van der Waals surface area (Å²) < 4.78 is 122. The number of hydrogen-bond donors (Lipinski definition) is 2. The first kappa shape index (κ1) is 32.1. The maximum atomic E-state index is 15.2. The van der Waals surface area contributed by atoms with Gasteiger partial charge in [-0.15, -0.1) is 13.2 Å². The first-order valence-corrected chi connectivity index (χ1v) is 11.0. The molecule has 6 radical (unpaired) electrons. The Bertz CT molecular complexity index is 1510. The van der Waals surface area contributed by atoms with Crippen molar-refractivity contribution in [2.75, 3.05) is 12.4 Å². The first-order valence-electron chi connectivity index (χ1n) is 11.0. The number of rotatable bonds is 8. The van der Waals surface area contributed by atoms with Crippen LogP contribution in [-0.4, -0.2) is 59.0 Å². The highest BCUT2D eigenvalue weighted by Gasteiger charge is 2.38. The average molecular weight is 595 g/mol. The summed E-state index contributed by atoms with van der Waals surface area (Å²) in [5.74, 6) is -11.2. The molecule has 0 spiro atoms. The normalized spacial score (nSPS) is 11.9. The van der Waals surface area contributed by atoms with Crippen molar-refractivity contribution in [2.45, 2.75) is 17.8 Å². The molecule has 2 amide bonds. The van der Waals surface area contributed by atoms with Crippen molar-refractivity contribution in [3.63, 3.8) is 0 Å². The minimum absolute atomic E-state index is 0.175. The van der Waals surface area contributed by atoms with Gasteiger partial charge >= 0.3 is 12.5 Å². The molecule has 2 aromatic carbocycles. The second-order valence-corrected chi connectivity index (χ2v) is 8.07. The highest BCUT2D eigenvalue weighted by molar-refractivity contribution is 6.58. The summed E-state index contributed by atoms with van der Waals surface area (Å²) >= 11 is 0. The summed E-state index contributed by atoms with van der Waals surface area (Å²) in [5, 5.41) is 1.55. The third-order valence-corrected chi connectivity index (χ3v) is 4.86. The van der Waals surface area contributed by atoms with Gasteiger partial charge in [0.2, 0.25) is 5.82 Å². The van der Waals surface area contributed by atoms with E-state index in [1.165, 1.54) is 7.05 Å². The third-order valence-electron chi connectivity index (χ3n) is 4.86. The Morgan fingerprint density at radius 1 is 0.833 bits per heavy atom. The fourth-order valence-electron chi connectivity index (χ4n) is 3.22. The number of amides is 2. The lowest BCUT2D eigenvalue weighted by Crippen LogP contribution is -2.38. The molecule has 0 bridgehead atoms. The Morgan fingerprint density at radius 3 is 2.02 bits per heavy atom. The van der Waals surface area contributed by atoms with Crippen LogP contribution in [0.25, 0.3) is 0 Å². The van der Waals surface area contributed by atoms with Crippen LogP contribution in [0.1, 0.15) is 26.4 Å². The molecule has 0 atom stereocenters. The van der Waals surface area contributed by atoms with Crippen molar-refractivity contribution in [2.24, 2.45) is 0 Å². The summed E-state index contributed by atoms with van der Waals surface area (Å²) in [6, 6.07) is 3.68. The smallest absolute Gasteiger partial charge is 0.510 e. The number of nitrogens with one attached hydrogen (secondary N) is 2. The second-order valence-electron chi connectivity index (χ2n) is 8.07. The molecule has 19 heteroatoms. The van der Waals surface area contributed by atoms with Crippen LogP contribution in [0.3, 0.4) is 0 Å². The van der Waals surface area contributed by atoms with Gasteiger partial charge in [-0.25, -0.2) is 4.39 Å². The van der Waals surface area contributed by atoms with Gasteiger partial charge in [-0.3, -0.25) is 14.6 Å². The van der Waals surface area contributed by atoms with E-state index in [4.69, 9.17) is 33.0 Å². The van der Waals surface area contributed by atoms with Crippen LogP contribution in [0.5, 0.6) is 23.0 Å². The van der Waals surface area contributed by atoms with Crippen molar-refractivity contribution >= 4 is 41.0 Å². The predicted molar refractivity (Wildman–Crippen MR) is 131 cm³/mol. The van der Waals surface area contributed by atoms with Gasteiger partial charge in [-0.1, -0.05) is 0 Å². The molecular formula is C23H12B3F8N3O5. The molecule has 1 heterocycles. The minimum Gasteiger partial charge on any atom is -0.510 e. The van der Waals surface area contributed by atoms with Crippen molar-refractivity contribution in [3.05, 3.63) is 71.1 Å². The molecule has 8 nitrogen and oxygen atoms in total.